The van der Waals surface area contributed by atoms with Crippen molar-refractivity contribution in [1.29, 1.82) is 0 Å². The number of carbonyl (C=O) groups excluding carboxylic acids is 2. The maximum Gasteiger partial charge on any atom is 0.337 e. The van der Waals surface area contributed by atoms with E-state index in [0.717, 1.165) is 6.07 Å². The first-order chi connectivity index (χ1) is 11.0. The molecule has 0 radical (unpaired) electrons. The summed E-state index contributed by atoms with van der Waals surface area (Å²) in [5.41, 5.74) is 0.0527. The number of halogens is 1. The van der Waals surface area contributed by atoms with Crippen molar-refractivity contribution in [2.24, 2.45) is 0 Å². The zero-order valence-electron chi connectivity index (χ0n) is 12.8. The second-order valence-electron chi connectivity index (χ2n) is 4.77. The Balaban J connectivity index is 2.33. The number of methoxy groups -OCH3 is 2. The highest BCUT2D eigenvalue weighted by atomic mass is 19.1. The molecule has 8 heteroatoms. The Morgan fingerprint density at radius 3 is 2.74 bits per heavy atom. The number of amides is 1. The minimum atomic E-state index is -0.685. The van der Waals surface area contributed by atoms with Crippen LogP contribution in [-0.4, -0.2) is 55.8 Å². The van der Waals surface area contributed by atoms with Gasteiger partial charge in [-0.25, -0.2) is 9.18 Å². The van der Waals surface area contributed by atoms with E-state index in [4.69, 9.17) is 9.84 Å². The van der Waals surface area contributed by atoms with Crippen LogP contribution < -0.4 is 10.1 Å². The van der Waals surface area contributed by atoms with Gasteiger partial charge in [0.05, 0.1) is 38.6 Å². The maximum absolute atomic E-state index is 14.0. The smallest absolute Gasteiger partial charge is 0.337 e. The molecule has 0 spiro atoms. The van der Waals surface area contributed by atoms with Gasteiger partial charge in [-0.1, -0.05) is 0 Å². The van der Waals surface area contributed by atoms with E-state index in [9.17, 15) is 14.0 Å². The molecule has 7 nitrogen and oxygen atoms in total. The van der Waals surface area contributed by atoms with Crippen LogP contribution in [0.1, 0.15) is 0 Å². The van der Waals surface area contributed by atoms with E-state index in [1.807, 2.05) is 0 Å². The molecule has 0 fully saturated rings. The SMILES string of the molecule is COC(=O)C1=C(Nc2ccc(OC)cc2F)C(=O)N(CCO)C1. The predicted molar refractivity (Wildman–Crippen MR) is 79.3 cm³/mol. The van der Waals surface area contributed by atoms with Gasteiger partial charge in [-0.15, -0.1) is 0 Å². The Morgan fingerprint density at radius 2 is 2.17 bits per heavy atom. The molecule has 0 unspecified atom stereocenters. The molecule has 0 atom stereocenters. The van der Waals surface area contributed by atoms with Gasteiger partial charge in [0.2, 0.25) is 0 Å². The van der Waals surface area contributed by atoms with Crippen molar-refractivity contribution in [1.82, 2.24) is 4.90 Å². The highest BCUT2D eigenvalue weighted by Gasteiger charge is 2.34. The van der Waals surface area contributed by atoms with Crippen LogP contribution in [0.15, 0.2) is 29.5 Å². The Hall–Kier alpha value is -2.61. The number of ether oxygens (including phenoxy) is 2. The average molecular weight is 324 g/mol. The van der Waals surface area contributed by atoms with Gasteiger partial charge in [-0.05, 0) is 12.1 Å². The molecule has 1 aromatic carbocycles. The van der Waals surface area contributed by atoms with E-state index >= 15 is 0 Å². The summed E-state index contributed by atoms with van der Waals surface area (Å²) in [6.45, 7) is -0.188. The number of β-amino-alcohol motifs (C(OH)–C–C–N with tert-alkyl or cyclic N) is 1. The van der Waals surface area contributed by atoms with Gasteiger partial charge in [0.1, 0.15) is 17.3 Å². The third-order valence-corrected chi connectivity index (χ3v) is 3.39. The van der Waals surface area contributed by atoms with Crippen LogP contribution in [-0.2, 0) is 14.3 Å². The van der Waals surface area contributed by atoms with E-state index in [2.05, 4.69) is 10.1 Å². The lowest BCUT2D eigenvalue weighted by Crippen LogP contribution is -2.31. The molecule has 0 aromatic heterocycles. The summed E-state index contributed by atoms with van der Waals surface area (Å²) in [4.78, 5) is 25.4. The molecule has 1 aliphatic heterocycles. The molecular formula is C15H17FN2O5. The summed E-state index contributed by atoms with van der Waals surface area (Å²) >= 11 is 0. The molecule has 0 saturated heterocycles. The van der Waals surface area contributed by atoms with Crippen LogP contribution in [0.25, 0.3) is 0 Å². The van der Waals surface area contributed by atoms with Crippen LogP contribution in [0.2, 0.25) is 0 Å². The second kappa shape index (κ2) is 7.10. The Morgan fingerprint density at radius 1 is 1.43 bits per heavy atom. The minimum absolute atomic E-state index is 0.00776. The van der Waals surface area contributed by atoms with Crippen LogP contribution in [0.4, 0.5) is 10.1 Å². The number of rotatable bonds is 6. The first-order valence-electron chi connectivity index (χ1n) is 6.84. The van der Waals surface area contributed by atoms with Crippen molar-refractivity contribution in [2.45, 2.75) is 0 Å². The first kappa shape index (κ1) is 16.8. The zero-order valence-corrected chi connectivity index (χ0v) is 12.8. The zero-order chi connectivity index (χ0) is 17.0. The summed E-state index contributed by atoms with van der Waals surface area (Å²) in [5, 5.41) is 11.6. The van der Waals surface area contributed by atoms with E-state index in [-0.39, 0.29) is 36.7 Å². The number of anilines is 1. The highest BCUT2D eigenvalue weighted by Crippen LogP contribution is 2.26. The van der Waals surface area contributed by atoms with Crippen LogP contribution in [0.5, 0.6) is 5.75 Å². The van der Waals surface area contributed by atoms with Crippen molar-refractivity contribution < 1.29 is 28.6 Å². The lowest BCUT2D eigenvalue weighted by Gasteiger charge is -2.15. The number of carbonyl (C=O) groups is 2. The number of aliphatic hydroxyl groups is 1. The highest BCUT2D eigenvalue weighted by molar-refractivity contribution is 6.08. The molecule has 1 aliphatic rings. The summed E-state index contributed by atoms with van der Waals surface area (Å²) in [7, 11) is 2.60. The number of esters is 1. The van der Waals surface area contributed by atoms with Crippen LogP contribution >= 0.6 is 0 Å². The van der Waals surface area contributed by atoms with Crippen LogP contribution in [0.3, 0.4) is 0 Å². The monoisotopic (exact) mass is 324 g/mol. The van der Waals surface area contributed by atoms with Gasteiger partial charge in [0.25, 0.3) is 5.91 Å². The van der Waals surface area contributed by atoms with E-state index in [1.165, 1.54) is 31.3 Å². The topological polar surface area (TPSA) is 88.1 Å². The number of nitrogens with one attached hydrogen (secondary N) is 1. The van der Waals surface area contributed by atoms with Gasteiger partial charge in [0.15, 0.2) is 0 Å². The quantitative estimate of drug-likeness (QED) is 0.741. The predicted octanol–water partition coefficient (Wildman–Crippen LogP) is 0.508. The second-order valence-corrected chi connectivity index (χ2v) is 4.77. The van der Waals surface area contributed by atoms with Gasteiger partial charge in [-0.2, -0.15) is 0 Å². The van der Waals surface area contributed by atoms with E-state index in [0.29, 0.717) is 5.75 Å². The molecule has 0 aliphatic carbocycles. The van der Waals surface area contributed by atoms with Gasteiger partial charge in [0, 0.05) is 12.6 Å². The van der Waals surface area contributed by atoms with E-state index < -0.39 is 17.7 Å². The summed E-state index contributed by atoms with van der Waals surface area (Å²) in [6.07, 6.45) is 0. The molecule has 124 valence electrons. The first-order valence-corrected chi connectivity index (χ1v) is 6.84. The van der Waals surface area contributed by atoms with Gasteiger partial charge < -0.3 is 24.8 Å². The van der Waals surface area contributed by atoms with Gasteiger partial charge in [-0.3, -0.25) is 4.79 Å². The lowest BCUT2D eigenvalue weighted by molar-refractivity contribution is -0.136. The number of benzene rings is 1. The number of hydrogen-bond donors (Lipinski definition) is 2. The number of hydrogen-bond acceptors (Lipinski definition) is 6. The fraction of sp³-hybridized carbons (Fsp3) is 0.333. The fourth-order valence-electron chi connectivity index (χ4n) is 2.21. The largest absolute Gasteiger partial charge is 0.497 e. The molecule has 23 heavy (non-hydrogen) atoms. The third kappa shape index (κ3) is 3.42. The lowest BCUT2D eigenvalue weighted by atomic mass is 10.2. The molecule has 1 amide bonds. The van der Waals surface area contributed by atoms with Crippen LogP contribution in [0, 0.1) is 5.82 Å². The molecule has 1 heterocycles. The fourth-order valence-corrected chi connectivity index (χ4v) is 2.21. The molecule has 0 saturated carbocycles. The number of aliphatic hydroxyl groups excluding tert-OH is 1. The van der Waals surface area contributed by atoms with Crippen molar-refractivity contribution in [3.05, 3.63) is 35.3 Å². The average Bonchev–Trinajstić information content (AvgIpc) is 2.85. The normalized spacial score (nSPS) is 14.3. The summed E-state index contributed by atoms with van der Waals surface area (Å²) in [6, 6.07) is 4.08. The Labute approximate surface area is 132 Å². The minimum Gasteiger partial charge on any atom is -0.497 e. The number of nitrogens with zero attached hydrogens (tertiary/aromatic N) is 1. The molecular weight excluding hydrogens is 307 g/mol. The van der Waals surface area contributed by atoms with E-state index in [1.54, 1.807) is 0 Å². The summed E-state index contributed by atoms with van der Waals surface area (Å²) < 4.78 is 23.6. The van der Waals surface area contributed by atoms with Crippen molar-refractivity contribution in [2.75, 3.05) is 39.2 Å². The molecule has 0 bridgehead atoms. The third-order valence-electron chi connectivity index (χ3n) is 3.39. The standard InChI is InChI=1S/C15H17FN2O5/c1-22-9-3-4-12(11(16)7-9)17-13-10(15(21)23-2)8-18(5-6-19)14(13)20/h3-4,7,17,19H,5-6,8H2,1-2H3. The van der Waals surface area contributed by atoms with Crippen molar-refractivity contribution in [3.8, 4) is 5.75 Å². The molecule has 2 N–H and O–H groups in total. The van der Waals surface area contributed by atoms with Crippen molar-refractivity contribution >= 4 is 17.6 Å². The Bertz CT molecular complexity index is 659. The van der Waals surface area contributed by atoms with Gasteiger partial charge >= 0.3 is 5.97 Å². The Kier molecular flexibility index (Phi) is 5.17. The summed E-state index contributed by atoms with van der Waals surface area (Å²) in [5.74, 6) is -1.49. The molecule has 1 aromatic rings. The van der Waals surface area contributed by atoms with Crippen molar-refractivity contribution in [3.63, 3.8) is 0 Å². The maximum atomic E-state index is 14.0. The molecule has 2 rings (SSSR count).